The number of ketones is 1. The normalized spacial score (nSPS) is 13.5. The van der Waals surface area contributed by atoms with Crippen LogP contribution in [-0.2, 0) is 20.7 Å². The van der Waals surface area contributed by atoms with E-state index in [4.69, 9.17) is 4.74 Å². The highest BCUT2D eigenvalue weighted by molar-refractivity contribution is 7.13. The molecule has 0 saturated carbocycles. The van der Waals surface area contributed by atoms with E-state index in [2.05, 4.69) is 4.98 Å². The summed E-state index contributed by atoms with van der Waals surface area (Å²) in [6.07, 6.45) is 0.0598. The predicted molar refractivity (Wildman–Crippen MR) is 88.5 cm³/mol. The quantitative estimate of drug-likeness (QED) is 0.803. The summed E-state index contributed by atoms with van der Waals surface area (Å²) in [5.74, 6) is -1.19. The van der Waals surface area contributed by atoms with E-state index < -0.39 is 11.4 Å². The Morgan fingerprint density at radius 2 is 2.00 bits per heavy atom. The Kier molecular flexibility index (Phi) is 5.63. The van der Waals surface area contributed by atoms with Crippen LogP contribution in [0.1, 0.15) is 19.0 Å². The van der Waals surface area contributed by atoms with Crippen LogP contribution < -0.4 is 0 Å². The van der Waals surface area contributed by atoms with Crippen molar-refractivity contribution in [1.29, 1.82) is 0 Å². The van der Waals surface area contributed by atoms with E-state index >= 15 is 0 Å². The van der Waals surface area contributed by atoms with Gasteiger partial charge in [-0.1, -0.05) is 30.3 Å². The third-order valence-corrected chi connectivity index (χ3v) is 4.46. The van der Waals surface area contributed by atoms with E-state index in [-0.39, 0.29) is 25.2 Å². The third kappa shape index (κ3) is 4.46. The highest BCUT2D eigenvalue weighted by atomic mass is 32.1. The number of aliphatic carboxylic acids is 1. The number of thiazole rings is 1. The second-order valence-electron chi connectivity index (χ2n) is 5.70. The number of ether oxygens (including phenoxy) is 1. The van der Waals surface area contributed by atoms with Crippen molar-refractivity contribution in [2.75, 3.05) is 13.7 Å². The average molecular weight is 333 g/mol. The zero-order valence-corrected chi connectivity index (χ0v) is 13.9. The summed E-state index contributed by atoms with van der Waals surface area (Å²) in [7, 11) is 1.43. The Balaban J connectivity index is 2.04. The number of aromatic nitrogens is 1. The Labute approximate surface area is 138 Å². The molecule has 5 nitrogen and oxygen atoms in total. The van der Waals surface area contributed by atoms with Crippen LogP contribution in [0.2, 0.25) is 0 Å². The number of hydrogen-bond acceptors (Lipinski definition) is 5. The lowest BCUT2D eigenvalue weighted by Gasteiger charge is -2.22. The summed E-state index contributed by atoms with van der Waals surface area (Å²) in [6.45, 7) is 1.52. The number of carbonyl (C=O) groups excluding carboxylic acids is 1. The highest BCUT2D eigenvalue weighted by Crippen LogP contribution is 2.26. The maximum absolute atomic E-state index is 12.2. The molecule has 2 aromatic rings. The maximum atomic E-state index is 12.2. The van der Waals surface area contributed by atoms with Crippen molar-refractivity contribution in [1.82, 2.24) is 4.98 Å². The van der Waals surface area contributed by atoms with E-state index in [0.29, 0.717) is 5.69 Å². The molecule has 23 heavy (non-hydrogen) atoms. The molecule has 2 rings (SSSR count). The molecule has 0 fully saturated rings. The smallest absolute Gasteiger partial charge is 0.312 e. The molecule has 1 aromatic carbocycles. The summed E-state index contributed by atoms with van der Waals surface area (Å²) in [5.41, 5.74) is 0.472. The largest absolute Gasteiger partial charge is 0.481 e. The molecule has 0 aliphatic rings. The second-order valence-corrected chi connectivity index (χ2v) is 6.56. The van der Waals surface area contributed by atoms with Gasteiger partial charge in [0, 0.05) is 30.9 Å². The fourth-order valence-corrected chi connectivity index (χ4v) is 3.13. The summed E-state index contributed by atoms with van der Waals surface area (Å²) in [5, 5.41) is 12.0. The fraction of sp³-hybridized carbons (Fsp3) is 0.353. The zero-order valence-electron chi connectivity index (χ0n) is 13.1. The van der Waals surface area contributed by atoms with Crippen LogP contribution >= 0.6 is 11.3 Å². The number of Topliss-reactive ketones (excluding diaryl/α,β-unsaturated/α-hetero) is 1. The number of nitrogens with zero attached hydrogens (tertiary/aromatic N) is 1. The molecule has 0 aliphatic carbocycles. The first-order chi connectivity index (χ1) is 10.9. The van der Waals surface area contributed by atoms with E-state index in [1.54, 1.807) is 0 Å². The van der Waals surface area contributed by atoms with Gasteiger partial charge in [-0.25, -0.2) is 4.98 Å². The molecule has 1 unspecified atom stereocenters. The number of methoxy groups -OCH3 is 1. The van der Waals surface area contributed by atoms with Crippen molar-refractivity contribution < 1.29 is 19.4 Å². The molecular formula is C17H19NO4S. The van der Waals surface area contributed by atoms with Crippen molar-refractivity contribution in [3.8, 4) is 10.6 Å². The van der Waals surface area contributed by atoms with Crippen LogP contribution in [0.3, 0.4) is 0 Å². The van der Waals surface area contributed by atoms with Gasteiger partial charge in [-0.05, 0) is 6.92 Å². The Morgan fingerprint density at radius 1 is 1.30 bits per heavy atom. The predicted octanol–water partition coefficient (Wildman–Crippen LogP) is 3.05. The molecule has 0 aliphatic heterocycles. The van der Waals surface area contributed by atoms with Crippen LogP contribution in [0.25, 0.3) is 10.6 Å². The molecule has 1 aromatic heterocycles. The van der Waals surface area contributed by atoms with Gasteiger partial charge in [0.1, 0.15) is 10.8 Å². The minimum absolute atomic E-state index is 0.000401. The van der Waals surface area contributed by atoms with Gasteiger partial charge in [-0.15, -0.1) is 11.3 Å². The van der Waals surface area contributed by atoms with E-state index in [1.807, 2.05) is 35.7 Å². The highest BCUT2D eigenvalue weighted by Gasteiger charge is 2.35. The van der Waals surface area contributed by atoms with Crippen molar-refractivity contribution in [2.45, 2.75) is 19.8 Å². The minimum Gasteiger partial charge on any atom is -0.481 e. The van der Waals surface area contributed by atoms with Crippen LogP contribution in [-0.4, -0.2) is 35.6 Å². The van der Waals surface area contributed by atoms with E-state index in [1.165, 1.54) is 25.4 Å². The van der Waals surface area contributed by atoms with Crippen molar-refractivity contribution in [3.05, 3.63) is 41.4 Å². The van der Waals surface area contributed by atoms with Gasteiger partial charge in [0.2, 0.25) is 0 Å². The third-order valence-electron chi connectivity index (χ3n) is 3.52. The molecule has 0 bridgehead atoms. The molecular weight excluding hydrogens is 314 g/mol. The van der Waals surface area contributed by atoms with E-state index in [9.17, 15) is 14.7 Å². The lowest BCUT2D eigenvalue weighted by Crippen LogP contribution is -2.35. The molecule has 122 valence electrons. The number of carboxylic acid groups (broad SMARTS) is 1. The van der Waals surface area contributed by atoms with Crippen LogP contribution in [0, 0.1) is 5.41 Å². The molecule has 0 radical (unpaired) electrons. The Morgan fingerprint density at radius 3 is 2.61 bits per heavy atom. The van der Waals surface area contributed by atoms with Gasteiger partial charge >= 0.3 is 5.97 Å². The summed E-state index contributed by atoms with van der Waals surface area (Å²) in [4.78, 5) is 28.0. The summed E-state index contributed by atoms with van der Waals surface area (Å²) in [6, 6.07) is 9.73. The first kappa shape index (κ1) is 17.3. The number of hydrogen-bond donors (Lipinski definition) is 1. The molecule has 1 N–H and O–H groups in total. The van der Waals surface area contributed by atoms with E-state index in [0.717, 1.165) is 10.6 Å². The van der Waals surface area contributed by atoms with Crippen molar-refractivity contribution >= 4 is 23.1 Å². The van der Waals surface area contributed by atoms with Gasteiger partial charge < -0.3 is 9.84 Å². The molecule has 0 saturated heterocycles. The van der Waals surface area contributed by atoms with Gasteiger partial charge in [0.05, 0.1) is 17.7 Å². The summed E-state index contributed by atoms with van der Waals surface area (Å²) < 4.78 is 4.93. The average Bonchev–Trinajstić information content (AvgIpc) is 2.96. The Hall–Kier alpha value is -2.05. The number of benzene rings is 1. The van der Waals surface area contributed by atoms with Gasteiger partial charge in [0.25, 0.3) is 0 Å². The minimum atomic E-state index is -1.20. The SMILES string of the molecule is COCC(C)(CC(=O)Cc1csc(-c2ccccc2)n1)C(=O)O. The van der Waals surface area contributed by atoms with Crippen molar-refractivity contribution in [2.24, 2.45) is 5.41 Å². The van der Waals surface area contributed by atoms with Crippen LogP contribution in [0.5, 0.6) is 0 Å². The lowest BCUT2D eigenvalue weighted by molar-refractivity contribution is -0.153. The molecule has 6 heteroatoms. The monoisotopic (exact) mass is 333 g/mol. The zero-order chi connectivity index (χ0) is 16.9. The molecule has 0 amide bonds. The first-order valence-corrected chi connectivity index (χ1v) is 8.06. The standard InChI is InChI=1S/C17H19NO4S/c1-17(11-22-2,16(20)21)9-14(19)8-13-10-23-15(18-13)12-6-4-3-5-7-12/h3-7,10H,8-9,11H2,1-2H3,(H,20,21). The summed E-state index contributed by atoms with van der Waals surface area (Å²) >= 11 is 1.47. The van der Waals surface area contributed by atoms with Crippen molar-refractivity contribution in [3.63, 3.8) is 0 Å². The van der Waals surface area contributed by atoms with Gasteiger partial charge in [-0.3, -0.25) is 9.59 Å². The van der Waals surface area contributed by atoms with Crippen LogP contribution in [0.4, 0.5) is 0 Å². The topological polar surface area (TPSA) is 76.5 Å². The molecule has 1 heterocycles. The molecule has 0 spiro atoms. The van der Waals surface area contributed by atoms with Crippen LogP contribution in [0.15, 0.2) is 35.7 Å². The molecule has 1 atom stereocenters. The lowest BCUT2D eigenvalue weighted by atomic mass is 9.85. The first-order valence-electron chi connectivity index (χ1n) is 7.18. The fourth-order valence-electron chi connectivity index (χ4n) is 2.31. The maximum Gasteiger partial charge on any atom is 0.312 e. The Bertz CT molecular complexity index is 683. The van der Waals surface area contributed by atoms with Gasteiger partial charge in [0.15, 0.2) is 0 Å². The van der Waals surface area contributed by atoms with Gasteiger partial charge in [-0.2, -0.15) is 0 Å². The number of carboxylic acids is 1. The number of rotatable bonds is 8. The number of carbonyl (C=O) groups is 2. The second kappa shape index (κ2) is 7.48.